The molecule has 2 atom stereocenters. The Bertz CT molecular complexity index is 1520. The van der Waals surface area contributed by atoms with Gasteiger partial charge < -0.3 is 19.6 Å². The van der Waals surface area contributed by atoms with Gasteiger partial charge in [0.1, 0.15) is 12.3 Å². The fourth-order valence-electron chi connectivity index (χ4n) is 5.44. The number of fused-ring (bicyclic) bond motifs is 1. The lowest BCUT2D eigenvalue weighted by molar-refractivity contribution is 0.0588. The number of allylic oxidation sites excluding steroid dienone is 5. The number of carbonyl (C=O) groups is 1. The normalized spacial score (nSPS) is 16.8. The highest BCUT2D eigenvalue weighted by Crippen LogP contribution is 2.26. The predicted molar refractivity (Wildman–Crippen MR) is 175 cm³/mol. The van der Waals surface area contributed by atoms with E-state index in [0.29, 0.717) is 42.8 Å². The van der Waals surface area contributed by atoms with Crippen LogP contribution in [0.5, 0.6) is 5.88 Å². The van der Waals surface area contributed by atoms with E-state index in [1.807, 2.05) is 78.6 Å². The maximum Gasteiger partial charge on any atom is 0.272 e. The molecule has 7 nitrogen and oxygen atoms in total. The van der Waals surface area contributed by atoms with Gasteiger partial charge in [0.25, 0.3) is 5.91 Å². The molecule has 0 spiro atoms. The van der Waals surface area contributed by atoms with E-state index in [-0.39, 0.29) is 25.2 Å². The van der Waals surface area contributed by atoms with Gasteiger partial charge >= 0.3 is 0 Å². The number of piperazine rings is 1. The first kappa shape index (κ1) is 32.0. The van der Waals surface area contributed by atoms with Crippen LogP contribution in [0.2, 0.25) is 5.02 Å². The third kappa shape index (κ3) is 8.33. The number of aliphatic hydroxyl groups excluding tert-OH is 1. The van der Waals surface area contributed by atoms with Gasteiger partial charge in [-0.05, 0) is 73.9 Å². The Hall–Kier alpha value is -3.94. The molecular formula is C35H41ClN4O3. The second-order valence-corrected chi connectivity index (χ2v) is 11.2. The van der Waals surface area contributed by atoms with Crippen LogP contribution in [0.25, 0.3) is 10.8 Å². The molecule has 0 saturated carbocycles. The van der Waals surface area contributed by atoms with E-state index in [9.17, 15) is 9.90 Å². The zero-order valence-corrected chi connectivity index (χ0v) is 25.9. The second-order valence-electron chi connectivity index (χ2n) is 10.7. The summed E-state index contributed by atoms with van der Waals surface area (Å²) in [7, 11) is 0. The molecule has 2 aromatic carbocycles. The zero-order valence-electron chi connectivity index (χ0n) is 25.2. The number of carbonyl (C=O) groups excluding carboxylic acids is 1. The van der Waals surface area contributed by atoms with Gasteiger partial charge in [-0.2, -0.15) is 0 Å². The summed E-state index contributed by atoms with van der Waals surface area (Å²) in [5.41, 5.74) is 2.82. The molecular weight excluding hydrogens is 560 g/mol. The van der Waals surface area contributed by atoms with Crippen LogP contribution in [0.15, 0.2) is 90.7 Å². The number of halogens is 1. The molecule has 1 amide bonds. The molecule has 2 unspecified atom stereocenters. The lowest BCUT2D eigenvalue weighted by Crippen LogP contribution is -2.53. The number of ether oxygens (including phenoxy) is 1. The number of aromatic nitrogens is 1. The summed E-state index contributed by atoms with van der Waals surface area (Å²) in [5.74, 6) is 0.581. The molecule has 1 aliphatic rings. The van der Waals surface area contributed by atoms with Crippen molar-refractivity contribution in [1.29, 1.82) is 5.41 Å². The van der Waals surface area contributed by atoms with Crippen molar-refractivity contribution in [2.24, 2.45) is 5.92 Å². The third-order valence-corrected chi connectivity index (χ3v) is 7.93. The smallest absolute Gasteiger partial charge is 0.272 e. The minimum atomic E-state index is -0.156. The van der Waals surface area contributed by atoms with E-state index in [0.717, 1.165) is 34.3 Å². The molecule has 0 aliphatic carbocycles. The maximum absolute atomic E-state index is 13.5. The highest BCUT2D eigenvalue weighted by Gasteiger charge is 2.30. The van der Waals surface area contributed by atoms with E-state index >= 15 is 0 Å². The molecule has 1 aliphatic heterocycles. The quantitative estimate of drug-likeness (QED) is 0.178. The van der Waals surface area contributed by atoms with E-state index < -0.39 is 0 Å². The summed E-state index contributed by atoms with van der Waals surface area (Å²) in [6, 6.07) is 17.4. The van der Waals surface area contributed by atoms with Crippen LogP contribution in [0.3, 0.4) is 0 Å². The van der Waals surface area contributed by atoms with E-state index in [1.54, 1.807) is 6.07 Å². The average Bonchev–Trinajstić information content (AvgIpc) is 3.01. The molecule has 8 heteroatoms. The summed E-state index contributed by atoms with van der Waals surface area (Å²) >= 11 is 6.15. The van der Waals surface area contributed by atoms with Crippen molar-refractivity contribution in [3.63, 3.8) is 0 Å². The molecule has 1 fully saturated rings. The van der Waals surface area contributed by atoms with Crippen LogP contribution in [0, 0.1) is 11.3 Å². The molecule has 4 rings (SSSR count). The Balaban J connectivity index is 1.38. The number of nitrogens with one attached hydrogen (secondary N) is 1. The zero-order chi connectivity index (χ0) is 30.8. The first-order chi connectivity index (χ1) is 20.8. The minimum Gasteiger partial charge on any atom is -0.475 e. The Morgan fingerprint density at radius 3 is 2.72 bits per heavy atom. The van der Waals surface area contributed by atoms with Crippen LogP contribution >= 0.6 is 11.6 Å². The van der Waals surface area contributed by atoms with Crippen LogP contribution in [0.1, 0.15) is 43.2 Å². The van der Waals surface area contributed by atoms with Gasteiger partial charge in [0.2, 0.25) is 5.88 Å². The predicted octanol–water partition coefficient (Wildman–Crippen LogP) is 6.71. The lowest BCUT2D eigenvalue weighted by atomic mass is 9.96. The Morgan fingerprint density at radius 1 is 1.19 bits per heavy atom. The van der Waals surface area contributed by atoms with Crippen molar-refractivity contribution in [2.45, 2.75) is 39.7 Å². The first-order valence-electron chi connectivity index (χ1n) is 14.9. The first-order valence-corrected chi connectivity index (χ1v) is 15.3. The Kier molecular flexibility index (Phi) is 11.5. The molecule has 3 aromatic rings. The molecule has 2 heterocycles. The number of amides is 1. The number of rotatable bonds is 12. The average molecular weight is 601 g/mol. The van der Waals surface area contributed by atoms with Gasteiger partial charge in [0.05, 0.1) is 18.0 Å². The summed E-state index contributed by atoms with van der Waals surface area (Å²) < 4.78 is 5.66. The van der Waals surface area contributed by atoms with Crippen molar-refractivity contribution in [3.8, 4) is 5.88 Å². The minimum absolute atomic E-state index is 0.0147. The van der Waals surface area contributed by atoms with Gasteiger partial charge in [-0.15, -0.1) is 0 Å². The van der Waals surface area contributed by atoms with E-state index in [4.69, 9.17) is 21.7 Å². The number of nitrogens with zero attached hydrogens (tertiary/aromatic N) is 3. The second kappa shape index (κ2) is 15.5. The Morgan fingerprint density at radius 2 is 2.00 bits per heavy atom. The highest BCUT2D eigenvalue weighted by molar-refractivity contribution is 6.30. The van der Waals surface area contributed by atoms with Gasteiger partial charge in [-0.3, -0.25) is 10.2 Å². The van der Waals surface area contributed by atoms with Crippen molar-refractivity contribution in [1.82, 2.24) is 14.8 Å². The SMILES string of the molecule is CC=C(C(=N)/C=C/C=C/C(CC)Cc1cccc(Cl)c1)N1CCN(C(=O)c2cc3ccccc3c(OCCO)n2)CC1C. The maximum atomic E-state index is 13.5. The van der Waals surface area contributed by atoms with Crippen molar-refractivity contribution in [3.05, 3.63) is 107 Å². The number of hydrogen-bond donors (Lipinski definition) is 2. The number of hydrogen-bond acceptors (Lipinski definition) is 6. The summed E-state index contributed by atoms with van der Waals surface area (Å²) in [4.78, 5) is 22.1. The van der Waals surface area contributed by atoms with Crippen molar-refractivity contribution in [2.75, 3.05) is 32.8 Å². The lowest BCUT2D eigenvalue weighted by Gasteiger charge is -2.42. The van der Waals surface area contributed by atoms with Crippen LogP contribution in [-0.2, 0) is 6.42 Å². The van der Waals surface area contributed by atoms with Crippen LogP contribution in [0.4, 0.5) is 0 Å². The largest absolute Gasteiger partial charge is 0.475 e. The summed E-state index contributed by atoms with van der Waals surface area (Å²) in [6.07, 6.45) is 11.9. The van der Waals surface area contributed by atoms with Gasteiger partial charge in [0.15, 0.2) is 0 Å². The third-order valence-electron chi connectivity index (χ3n) is 7.70. The molecule has 2 N–H and O–H groups in total. The highest BCUT2D eigenvalue weighted by atomic mass is 35.5. The monoisotopic (exact) mass is 600 g/mol. The topological polar surface area (TPSA) is 89.8 Å². The Labute approximate surface area is 259 Å². The summed E-state index contributed by atoms with van der Waals surface area (Å²) in [6.45, 7) is 7.80. The van der Waals surface area contributed by atoms with Gasteiger partial charge in [0, 0.05) is 36.1 Å². The fourth-order valence-corrected chi connectivity index (χ4v) is 5.65. The molecule has 0 radical (unpaired) electrons. The fraction of sp³-hybridized carbons (Fsp3) is 0.343. The van der Waals surface area contributed by atoms with Crippen LogP contribution in [-0.4, -0.2) is 70.4 Å². The van der Waals surface area contributed by atoms with Crippen molar-refractivity contribution < 1.29 is 14.6 Å². The molecule has 226 valence electrons. The van der Waals surface area contributed by atoms with E-state index in [2.05, 4.69) is 35.9 Å². The molecule has 43 heavy (non-hydrogen) atoms. The number of pyridine rings is 1. The van der Waals surface area contributed by atoms with Crippen molar-refractivity contribution >= 4 is 34.0 Å². The van der Waals surface area contributed by atoms with E-state index in [1.165, 1.54) is 5.56 Å². The van der Waals surface area contributed by atoms with Gasteiger partial charge in [-0.25, -0.2) is 4.98 Å². The van der Waals surface area contributed by atoms with Gasteiger partial charge in [-0.1, -0.05) is 73.2 Å². The number of aliphatic hydroxyl groups is 1. The molecule has 0 bridgehead atoms. The summed E-state index contributed by atoms with van der Waals surface area (Å²) in [5, 5.41) is 20.4. The molecule has 1 saturated heterocycles. The number of benzene rings is 2. The molecule has 1 aromatic heterocycles. The standard InChI is InChI=1S/C35H41ClN4O3/c1-4-26(21-27-12-10-14-29(36)22-27)11-6-9-16-31(37)33(5-2)40-18-17-39(24-25(40)3)35(42)32-23-28-13-7-8-15-30(28)34(38-32)43-20-19-41/h5-16,22-23,25-26,37,41H,4,17-21,24H2,1-3H3/b11-6+,16-9+,33-5?,37-31?. The van der Waals surface area contributed by atoms with Crippen LogP contribution < -0.4 is 4.74 Å².